The summed E-state index contributed by atoms with van der Waals surface area (Å²) in [6.45, 7) is 4.83. The van der Waals surface area contributed by atoms with Crippen LogP contribution in [0.5, 0.6) is 0 Å². The summed E-state index contributed by atoms with van der Waals surface area (Å²) in [5.41, 5.74) is 0.440. The second-order valence-electron chi connectivity index (χ2n) is 7.28. The molecule has 1 aliphatic heterocycles. The summed E-state index contributed by atoms with van der Waals surface area (Å²) in [4.78, 5) is 2.86. The van der Waals surface area contributed by atoms with Crippen molar-refractivity contribution in [2.45, 2.75) is 88.4 Å². The van der Waals surface area contributed by atoms with Crippen molar-refractivity contribution in [2.24, 2.45) is 0 Å². The lowest BCUT2D eigenvalue weighted by Gasteiger charge is -2.51. The van der Waals surface area contributed by atoms with Crippen LogP contribution in [0.15, 0.2) is 0 Å². The van der Waals surface area contributed by atoms with Crippen molar-refractivity contribution in [3.8, 4) is 0 Å². The summed E-state index contributed by atoms with van der Waals surface area (Å²) in [5, 5.41) is 3.94. The Morgan fingerprint density at radius 1 is 1.20 bits per heavy atom. The number of piperazine rings is 1. The number of hydrogen-bond donors (Lipinski definition) is 1. The lowest BCUT2D eigenvalue weighted by atomic mass is 9.78. The molecule has 2 saturated carbocycles. The Balaban J connectivity index is 1.68. The molecule has 0 aromatic rings. The highest BCUT2D eigenvalue weighted by molar-refractivity contribution is 5.02. The van der Waals surface area contributed by atoms with Crippen molar-refractivity contribution in [1.29, 1.82) is 0 Å². The Hall–Kier alpha value is -0.120. The lowest BCUT2D eigenvalue weighted by molar-refractivity contribution is 0.0172. The number of nitrogens with one attached hydrogen (secondary N) is 1. The Morgan fingerprint density at radius 2 is 2.00 bits per heavy atom. The van der Waals surface area contributed by atoms with E-state index in [2.05, 4.69) is 17.1 Å². The van der Waals surface area contributed by atoms with Gasteiger partial charge in [-0.05, 0) is 38.5 Å². The molecule has 1 N–H and O–H groups in total. The van der Waals surface area contributed by atoms with Gasteiger partial charge in [-0.3, -0.25) is 4.90 Å². The molecule has 0 amide bonds. The zero-order chi connectivity index (χ0) is 14.0. The molecule has 1 spiro atoms. The molecule has 3 aliphatic rings. The fraction of sp³-hybridized carbons (Fsp3) is 1.00. The number of hydrogen-bond acceptors (Lipinski definition) is 3. The first-order chi connectivity index (χ1) is 9.76. The maximum absolute atomic E-state index is 5.60. The van der Waals surface area contributed by atoms with Crippen LogP contribution in [0.1, 0.15) is 64.7 Å². The Morgan fingerprint density at radius 3 is 2.65 bits per heavy atom. The second kappa shape index (κ2) is 6.33. The monoisotopic (exact) mass is 280 g/mol. The van der Waals surface area contributed by atoms with E-state index in [0.717, 1.165) is 12.1 Å². The van der Waals surface area contributed by atoms with Crippen molar-refractivity contribution in [3.05, 3.63) is 0 Å². The normalized spacial score (nSPS) is 38.4. The van der Waals surface area contributed by atoms with E-state index in [9.17, 15) is 0 Å². The highest BCUT2D eigenvalue weighted by Gasteiger charge is 2.43. The molecule has 3 heteroatoms. The molecule has 0 aromatic carbocycles. The smallest absolute Gasteiger partial charge is 0.0586 e. The maximum atomic E-state index is 5.60. The Bertz CT molecular complexity index is 314. The molecule has 3 fully saturated rings. The molecule has 0 radical (unpaired) electrons. The van der Waals surface area contributed by atoms with Crippen LogP contribution in [0.2, 0.25) is 0 Å². The van der Waals surface area contributed by atoms with E-state index in [1.807, 2.05) is 7.11 Å². The third-order valence-corrected chi connectivity index (χ3v) is 6.11. The van der Waals surface area contributed by atoms with E-state index in [4.69, 9.17) is 4.74 Å². The summed E-state index contributed by atoms with van der Waals surface area (Å²) in [5.74, 6) is 0. The van der Waals surface area contributed by atoms with Crippen LogP contribution in [-0.4, -0.2) is 48.8 Å². The van der Waals surface area contributed by atoms with Gasteiger partial charge in [0.25, 0.3) is 0 Å². The van der Waals surface area contributed by atoms with Crippen LogP contribution in [-0.2, 0) is 4.74 Å². The average molecular weight is 280 g/mol. The number of ether oxygens (including phenoxy) is 1. The number of methoxy groups -OCH3 is 1. The molecular formula is C17H32N2O. The van der Waals surface area contributed by atoms with Gasteiger partial charge in [-0.2, -0.15) is 0 Å². The van der Waals surface area contributed by atoms with Gasteiger partial charge in [0.2, 0.25) is 0 Å². The van der Waals surface area contributed by atoms with Crippen LogP contribution in [0.4, 0.5) is 0 Å². The van der Waals surface area contributed by atoms with Crippen molar-refractivity contribution >= 4 is 0 Å². The molecule has 3 rings (SSSR count). The van der Waals surface area contributed by atoms with Gasteiger partial charge in [0.1, 0.15) is 0 Å². The molecule has 1 saturated heterocycles. The molecule has 3 unspecified atom stereocenters. The third-order valence-electron chi connectivity index (χ3n) is 6.11. The Kier molecular flexibility index (Phi) is 4.68. The lowest BCUT2D eigenvalue weighted by Crippen LogP contribution is -2.66. The van der Waals surface area contributed by atoms with Gasteiger partial charge in [0.15, 0.2) is 0 Å². The van der Waals surface area contributed by atoms with Crippen molar-refractivity contribution in [1.82, 2.24) is 10.2 Å². The van der Waals surface area contributed by atoms with Gasteiger partial charge in [-0.1, -0.05) is 26.2 Å². The van der Waals surface area contributed by atoms with Crippen LogP contribution >= 0.6 is 0 Å². The highest BCUT2D eigenvalue weighted by atomic mass is 16.5. The first-order valence-electron chi connectivity index (χ1n) is 8.80. The quantitative estimate of drug-likeness (QED) is 0.860. The topological polar surface area (TPSA) is 24.5 Å². The number of rotatable bonds is 3. The summed E-state index contributed by atoms with van der Waals surface area (Å²) >= 11 is 0. The van der Waals surface area contributed by atoms with Gasteiger partial charge in [0, 0.05) is 37.8 Å². The van der Waals surface area contributed by atoms with Gasteiger partial charge >= 0.3 is 0 Å². The summed E-state index contributed by atoms with van der Waals surface area (Å²) < 4.78 is 5.60. The largest absolute Gasteiger partial charge is 0.381 e. The van der Waals surface area contributed by atoms with Crippen LogP contribution < -0.4 is 5.32 Å². The van der Waals surface area contributed by atoms with E-state index < -0.39 is 0 Å². The minimum absolute atomic E-state index is 0.440. The van der Waals surface area contributed by atoms with Crippen LogP contribution in [0, 0.1) is 0 Å². The van der Waals surface area contributed by atoms with Gasteiger partial charge < -0.3 is 10.1 Å². The van der Waals surface area contributed by atoms with E-state index in [0.29, 0.717) is 11.6 Å². The van der Waals surface area contributed by atoms with Crippen molar-refractivity contribution < 1.29 is 4.74 Å². The SMILES string of the molecule is CCC1CNC2(CCCCC2)CN1C1CCC(OC)C1. The molecule has 3 atom stereocenters. The van der Waals surface area contributed by atoms with E-state index in [1.165, 1.54) is 70.9 Å². The first kappa shape index (κ1) is 14.8. The fourth-order valence-corrected chi connectivity index (χ4v) is 4.79. The second-order valence-corrected chi connectivity index (χ2v) is 7.28. The zero-order valence-electron chi connectivity index (χ0n) is 13.4. The summed E-state index contributed by atoms with van der Waals surface area (Å²) in [6.07, 6.45) is 12.7. The van der Waals surface area contributed by atoms with Crippen molar-refractivity contribution in [2.75, 3.05) is 20.2 Å². The van der Waals surface area contributed by atoms with Crippen LogP contribution in [0.25, 0.3) is 0 Å². The molecule has 1 heterocycles. The molecule has 116 valence electrons. The number of nitrogens with zero attached hydrogens (tertiary/aromatic N) is 1. The van der Waals surface area contributed by atoms with E-state index in [1.54, 1.807) is 0 Å². The molecule has 20 heavy (non-hydrogen) atoms. The zero-order valence-corrected chi connectivity index (χ0v) is 13.4. The predicted molar refractivity (Wildman–Crippen MR) is 83.0 cm³/mol. The minimum Gasteiger partial charge on any atom is -0.381 e. The molecule has 0 aromatic heterocycles. The van der Waals surface area contributed by atoms with E-state index >= 15 is 0 Å². The fourth-order valence-electron chi connectivity index (χ4n) is 4.79. The molecule has 0 bridgehead atoms. The third kappa shape index (κ3) is 2.90. The van der Waals surface area contributed by atoms with Gasteiger partial charge in [-0.15, -0.1) is 0 Å². The van der Waals surface area contributed by atoms with Gasteiger partial charge in [-0.25, -0.2) is 0 Å². The predicted octanol–water partition coefficient (Wildman–Crippen LogP) is 2.94. The highest BCUT2D eigenvalue weighted by Crippen LogP contribution is 2.36. The molecule has 2 aliphatic carbocycles. The summed E-state index contributed by atoms with van der Waals surface area (Å²) in [7, 11) is 1.88. The molecular weight excluding hydrogens is 248 g/mol. The standard InChI is InChI=1S/C17H32N2O/c1-3-14-12-18-17(9-5-4-6-10-17)13-19(14)15-7-8-16(11-15)20-2/h14-16,18H,3-13H2,1-2H3. The minimum atomic E-state index is 0.440. The van der Waals surface area contributed by atoms with E-state index in [-0.39, 0.29) is 0 Å². The molecule has 3 nitrogen and oxygen atoms in total. The average Bonchev–Trinajstić information content (AvgIpc) is 2.97. The van der Waals surface area contributed by atoms with Crippen molar-refractivity contribution in [3.63, 3.8) is 0 Å². The summed E-state index contributed by atoms with van der Waals surface area (Å²) in [6, 6.07) is 1.51. The van der Waals surface area contributed by atoms with Gasteiger partial charge in [0.05, 0.1) is 6.10 Å². The van der Waals surface area contributed by atoms with Crippen LogP contribution in [0.3, 0.4) is 0 Å². The Labute approximate surface area is 124 Å². The first-order valence-corrected chi connectivity index (χ1v) is 8.80. The maximum Gasteiger partial charge on any atom is 0.0586 e.